The third kappa shape index (κ3) is 4.07. The quantitative estimate of drug-likeness (QED) is 0.807. The first kappa shape index (κ1) is 14.5. The zero-order valence-corrected chi connectivity index (χ0v) is 11.9. The zero-order valence-electron chi connectivity index (χ0n) is 11.9. The standard InChI is InChI=1S/C17H20FNO/c1-13-8-9-15(12-17(13)18)14(2)19-10-11-20-16-6-4-3-5-7-16/h3-9,12,14,19H,10-11H2,1-2H3. The molecule has 0 heterocycles. The van der Waals surface area contributed by atoms with Gasteiger partial charge in [-0.2, -0.15) is 0 Å². The number of nitrogens with one attached hydrogen (secondary N) is 1. The summed E-state index contributed by atoms with van der Waals surface area (Å²) in [4.78, 5) is 0. The van der Waals surface area contributed by atoms with E-state index in [-0.39, 0.29) is 11.9 Å². The molecular formula is C17H20FNO. The molecule has 0 aliphatic carbocycles. The molecule has 0 saturated carbocycles. The van der Waals surface area contributed by atoms with Gasteiger partial charge in [-0.05, 0) is 43.2 Å². The molecule has 0 spiro atoms. The summed E-state index contributed by atoms with van der Waals surface area (Å²) in [5.41, 5.74) is 1.63. The van der Waals surface area contributed by atoms with Crippen molar-refractivity contribution in [2.45, 2.75) is 19.9 Å². The minimum absolute atomic E-state index is 0.101. The van der Waals surface area contributed by atoms with Gasteiger partial charge in [0.15, 0.2) is 0 Å². The molecule has 2 aromatic rings. The van der Waals surface area contributed by atoms with Gasteiger partial charge in [-0.15, -0.1) is 0 Å². The number of aryl methyl sites for hydroxylation is 1. The molecule has 3 heteroatoms. The summed E-state index contributed by atoms with van der Waals surface area (Å²) in [5.74, 6) is 0.708. The Morgan fingerprint density at radius 2 is 1.90 bits per heavy atom. The Bertz CT molecular complexity index is 542. The van der Waals surface area contributed by atoms with Gasteiger partial charge < -0.3 is 10.1 Å². The van der Waals surface area contributed by atoms with Gasteiger partial charge in [-0.1, -0.05) is 30.3 Å². The van der Waals surface area contributed by atoms with Gasteiger partial charge in [-0.25, -0.2) is 4.39 Å². The molecule has 2 rings (SSSR count). The summed E-state index contributed by atoms with van der Waals surface area (Å²) >= 11 is 0. The van der Waals surface area contributed by atoms with Gasteiger partial charge >= 0.3 is 0 Å². The molecule has 0 bridgehead atoms. The topological polar surface area (TPSA) is 21.3 Å². The summed E-state index contributed by atoms with van der Waals surface area (Å²) in [6, 6.07) is 15.2. The number of benzene rings is 2. The molecule has 106 valence electrons. The lowest BCUT2D eigenvalue weighted by molar-refractivity contribution is 0.307. The number of hydrogen-bond acceptors (Lipinski definition) is 2. The van der Waals surface area contributed by atoms with E-state index in [1.165, 1.54) is 0 Å². The van der Waals surface area contributed by atoms with Gasteiger partial charge in [0.2, 0.25) is 0 Å². The summed E-state index contributed by atoms with van der Waals surface area (Å²) in [7, 11) is 0. The van der Waals surface area contributed by atoms with Crippen molar-refractivity contribution in [3.63, 3.8) is 0 Å². The molecular weight excluding hydrogens is 253 g/mol. The highest BCUT2D eigenvalue weighted by Crippen LogP contribution is 2.16. The van der Waals surface area contributed by atoms with E-state index in [2.05, 4.69) is 5.32 Å². The summed E-state index contributed by atoms with van der Waals surface area (Å²) in [6.45, 7) is 5.09. The van der Waals surface area contributed by atoms with Crippen LogP contribution >= 0.6 is 0 Å². The number of para-hydroxylation sites is 1. The van der Waals surface area contributed by atoms with Crippen LogP contribution < -0.4 is 10.1 Å². The minimum atomic E-state index is -0.156. The maximum atomic E-state index is 13.5. The highest BCUT2D eigenvalue weighted by molar-refractivity contribution is 5.25. The van der Waals surface area contributed by atoms with E-state index < -0.39 is 0 Å². The third-order valence-corrected chi connectivity index (χ3v) is 3.26. The SMILES string of the molecule is Cc1ccc(C(C)NCCOc2ccccc2)cc1F. The number of hydrogen-bond donors (Lipinski definition) is 1. The molecule has 1 atom stereocenters. The van der Waals surface area contributed by atoms with E-state index >= 15 is 0 Å². The monoisotopic (exact) mass is 273 g/mol. The normalized spacial score (nSPS) is 12.2. The minimum Gasteiger partial charge on any atom is -0.492 e. The van der Waals surface area contributed by atoms with Crippen molar-refractivity contribution >= 4 is 0 Å². The Hall–Kier alpha value is -1.87. The van der Waals surface area contributed by atoms with E-state index in [9.17, 15) is 4.39 Å². The van der Waals surface area contributed by atoms with Crippen molar-refractivity contribution < 1.29 is 9.13 Å². The predicted molar refractivity (Wildman–Crippen MR) is 79.5 cm³/mol. The average Bonchev–Trinajstić information content (AvgIpc) is 2.47. The fraction of sp³-hybridized carbons (Fsp3) is 0.294. The van der Waals surface area contributed by atoms with Gasteiger partial charge in [0.05, 0.1) is 0 Å². The van der Waals surface area contributed by atoms with Crippen LogP contribution in [-0.4, -0.2) is 13.2 Å². The highest BCUT2D eigenvalue weighted by atomic mass is 19.1. The van der Waals surface area contributed by atoms with Crippen LogP contribution in [0.25, 0.3) is 0 Å². The maximum absolute atomic E-state index is 13.5. The van der Waals surface area contributed by atoms with E-state index in [1.54, 1.807) is 13.0 Å². The fourth-order valence-electron chi connectivity index (χ4n) is 1.96. The largest absolute Gasteiger partial charge is 0.492 e. The van der Waals surface area contributed by atoms with Crippen molar-refractivity contribution in [3.05, 3.63) is 65.5 Å². The van der Waals surface area contributed by atoms with Crippen LogP contribution in [0, 0.1) is 12.7 Å². The average molecular weight is 273 g/mol. The first-order valence-corrected chi connectivity index (χ1v) is 6.84. The molecule has 0 saturated heterocycles. The van der Waals surface area contributed by atoms with Crippen molar-refractivity contribution in [2.75, 3.05) is 13.2 Å². The summed E-state index contributed by atoms with van der Waals surface area (Å²) in [5, 5.41) is 3.32. The molecule has 0 amide bonds. The molecule has 0 radical (unpaired) electrons. The molecule has 20 heavy (non-hydrogen) atoms. The van der Waals surface area contributed by atoms with Gasteiger partial charge in [0.1, 0.15) is 18.2 Å². The van der Waals surface area contributed by atoms with E-state index in [0.717, 1.165) is 11.3 Å². The Morgan fingerprint density at radius 3 is 2.60 bits per heavy atom. The lowest BCUT2D eigenvalue weighted by atomic mass is 10.1. The first-order valence-electron chi connectivity index (χ1n) is 6.84. The summed E-state index contributed by atoms with van der Waals surface area (Å²) in [6.07, 6.45) is 0. The second-order valence-electron chi connectivity index (χ2n) is 4.85. The molecule has 1 unspecified atom stereocenters. The molecule has 0 aliphatic heterocycles. The zero-order chi connectivity index (χ0) is 14.4. The van der Waals surface area contributed by atoms with Crippen LogP contribution in [0.5, 0.6) is 5.75 Å². The molecule has 0 aliphatic rings. The van der Waals surface area contributed by atoms with Crippen LogP contribution in [-0.2, 0) is 0 Å². The number of ether oxygens (including phenoxy) is 1. The molecule has 1 N–H and O–H groups in total. The third-order valence-electron chi connectivity index (χ3n) is 3.26. The second-order valence-corrected chi connectivity index (χ2v) is 4.85. The van der Waals surface area contributed by atoms with Crippen LogP contribution in [0.1, 0.15) is 24.1 Å². The molecule has 0 fully saturated rings. The smallest absolute Gasteiger partial charge is 0.126 e. The summed E-state index contributed by atoms with van der Waals surface area (Å²) < 4.78 is 19.1. The Labute approximate surface area is 119 Å². The van der Waals surface area contributed by atoms with E-state index in [4.69, 9.17) is 4.74 Å². The first-order chi connectivity index (χ1) is 9.66. The van der Waals surface area contributed by atoms with Crippen molar-refractivity contribution in [1.82, 2.24) is 5.32 Å². The van der Waals surface area contributed by atoms with Crippen molar-refractivity contribution in [1.29, 1.82) is 0 Å². The van der Waals surface area contributed by atoms with E-state index in [1.807, 2.05) is 49.4 Å². The lowest BCUT2D eigenvalue weighted by Gasteiger charge is -2.15. The Balaban J connectivity index is 1.77. The van der Waals surface area contributed by atoms with Crippen LogP contribution in [0.15, 0.2) is 48.5 Å². The van der Waals surface area contributed by atoms with Crippen LogP contribution in [0.2, 0.25) is 0 Å². The Morgan fingerprint density at radius 1 is 1.15 bits per heavy atom. The van der Waals surface area contributed by atoms with E-state index in [0.29, 0.717) is 18.7 Å². The number of halogens is 1. The maximum Gasteiger partial charge on any atom is 0.126 e. The van der Waals surface area contributed by atoms with Gasteiger partial charge in [0, 0.05) is 12.6 Å². The Kier molecular flexibility index (Phi) is 5.13. The van der Waals surface area contributed by atoms with Crippen molar-refractivity contribution in [3.8, 4) is 5.75 Å². The molecule has 2 aromatic carbocycles. The molecule has 0 aromatic heterocycles. The second kappa shape index (κ2) is 7.06. The fourth-order valence-corrected chi connectivity index (χ4v) is 1.96. The van der Waals surface area contributed by atoms with Crippen LogP contribution in [0.4, 0.5) is 4.39 Å². The predicted octanol–water partition coefficient (Wildman–Crippen LogP) is 3.86. The highest BCUT2D eigenvalue weighted by Gasteiger charge is 2.06. The van der Waals surface area contributed by atoms with Crippen molar-refractivity contribution in [2.24, 2.45) is 0 Å². The number of rotatable bonds is 6. The van der Waals surface area contributed by atoms with Crippen LogP contribution in [0.3, 0.4) is 0 Å². The van der Waals surface area contributed by atoms with Gasteiger partial charge in [-0.3, -0.25) is 0 Å². The molecule has 2 nitrogen and oxygen atoms in total. The lowest BCUT2D eigenvalue weighted by Crippen LogP contribution is -2.24. The van der Waals surface area contributed by atoms with Gasteiger partial charge in [0.25, 0.3) is 0 Å².